The minimum Gasteiger partial charge on any atom is -0.490 e. The number of hydrogen-bond acceptors (Lipinski definition) is 4. The molecule has 0 aliphatic carbocycles. The standard InChI is InChI=1S/C19H21N3O2/c20-15-7-8-18-17(12-15)21(10-11-24-18)13-19(23)22-9-3-5-14-4-1-2-6-16(14)22/h1-2,4,6-8,12H,3,5,9-11,13,20H2. The molecule has 0 atom stereocenters. The maximum Gasteiger partial charge on any atom is 0.246 e. The molecule has 2 aromatic carbocycles. The topological polar surface area (TPSA) is 58.8 Å². The molecule has 5 nitrogen and oxygen atoms in total. The second kappa shape index (κ2) is 6.07. The minimum atomic E-state index is 0.123. The van der Waals surface area contributed by atoms with Gasteiger partial charge in [-0.3, -0.25) is 4.79 Å². The average Bonchev–Trinajstić information content (AvgIpc) is 2.61. The number of ether oxygens (including phenoxy) is 1. The number of anilines is 3. The Morgan fingerprint density at radius 1 is 1.12 bits per heavy atom. The first-order chi connectivity index (χ1) is 11.7. The monoisotopic (exact) mass is 323 g/mol. The number of carbonyl (C=O) groups is 1. The lowest BCUT2D eigenvalue weighted by Crippen LogP contribution is -2.45. The predicted octanol–water partition coefficient (Wildman–Crippen LogP) is 2.45. The van der Waals surface area contributed by atoms with Crippen LogP contribution < -0.4 is 20.3 Å². The second-order valence-electron chi connectivity index (χ2n) is 6.27. The first kappa shape index (κ1) is 14.9. The van der Waals surface area contributed by atoms with E-state index < -0.39 is 0 Å². The van der Waals surface area contributed by atoms with Crippen molar-refractivity contribution in [2.45, 2.75) is 12.8 Å². The minimum absolute atomic E-state index is 0.123. The number of carbonyl (C=O) groups excluding carboxylic acids is 1. The summed E-state index contributed by atoms with van der Waals surface area (Å²) in [4.78, 5) is 16.9. The number of rotatable bonds is 2. The molecule has 0 unspecified atom stereocenters. The van der Waals surface area contributed by atoms with Gasteiger partial charge in [0.15, 0.2) is 0 Å². The number of benzene rings is 2. The zero-order valence-corrected chi connectivity index (χ0v) is 13.6. The van der Waals surface area contributed by atoms with Crippen molar-refractivity contribution in [2.75, 3.05) is 41.8 Å². The third-order valence-corrected chi connectivity index (χ3v) is 4.68. The van der Waals surface area contributed by atoms with Gasteiger partial charge < -0.3 is 20.3 Å². The van der Waals surface area contributed by atoms with Gasteiger partial charge in [0.2, 0.25) is 5.91 Å². The van der Waals surface area contributed by atoms with E-state index in [2.05, 4.69) is 11.0 Å². The summed E-state index contributed by atoms with van der Waals surface area (Å²) < 4.78 is 5.67. The van der Waals surface area contributed by atoms with E-state index in [-0.39, 0.29) is 5.91 Å². The van der Waals surface area contributed by atoms with Crippen molar-refractivity contribution in [1.82, 2.24) is 0 Å². The van der Waals surface area contributed by atoms with E-state index in [1.54, 1.807) is 0 Å². The predicted molar refractivity (Wildman–Crippen MR) is 95.7 cm³/mol. The van der Waals surface area contributed by atoms with Gasteiger partial charge in [-0.05, 0) is 42.7 Å². The van der Waals surface area contributed by atoms with Crippen LogP contribution in [0.2, 0.25) is 0 Å². The summed E-state index contributed by atoms with van der Waals surface area (Å²) in [5, 5.41) is 0. The van der Waals surface area contributed by atoms with Crippen molar-refractivity contribution in [3.63, 3.8) is 0 Å². The van der Waals surface area contributed by atoms with Gasteiger partial charge in [0.25, 0.3) is 0 Å². The fraction of sp³-hybridized carbons (Fsp3) is 0.316. The van der Waals surface area contributed by atoms with Crippen LogP contribution in [0.25, 0.3) is 0 Å². The Kier molecular flexibility index (Phi) is 3.76. The third kappa shape index (κ3) is 2.66. The molecule has 2 heterocycles. The van der Waals surface area contributed by atoms with E-state index in [0.29, 0.717) is 25.4 Å². The SMILES string of the molecule is Nc1ccc2c(c1)N(CC(=O)N1CCCc3ccccc31)CCO2. The second-order valence-corrected chi connectivity index (χ2v) is 6.27. The molecule has 2 N–H and O–H groups in total. The maximum absolute atomic E-state index is 12.9. The van der Waals surface area contributed by atoms with Gasteiger partial charge in [-0.15, -0.1) is 0 Å². The van der Waals surface area contributed by atoms with Crippen molar-refractivity contribution in [2.24, 2.45) is 0 Å². The molecule has 0 fully saturated rings. The molecule has 0 saturated heterocycles. The van der Waals surface area contributed by atoms with Crippen LogP contribution in [0.5, 0.6) is 5.75 Å². The Hall–Kier alpha value is -2.69. The molecular formula is C19H21N3O2. The van der Waals surface area contributed by atoms with Crippen molar-refractivity contribution in [3.05, 3.63) is 48.0 Å². The highest BCUT2D eigenvalue weighted by atomic mass is 16.5. The molecular weight excluding hydrogens is 302 g/mol. The summed E-state index contributed by atoms with van der Waals surface area (Å²) in [6.07, 6.45) is 2.05. The molecule has 2 aromatic rings. The van der Waals surface area contributed by atoms with Gasteiger partial charge in [0.1, 0.15) is 12.4 Å². The van der Waals surface area contributed by atoms with Crippen LogP contribution in [0.1, 0.15) is 12.0 Å². The Morgan fingerprint density at radius 3 is 2.92 bits per heavy atom. The van der Waals surface area contributed by atoms with Crippen LogP contribution in [0.3, 0.4) is 0 Å². The van der Waals surface area contributed by atoms with E-state index in [9.17, 15) is 4.79 Å². The number of aryl methyl sites for hydroxylation is 1. The molecule has 2 aliphatic heterocycles. The van der Waals surface area contributed by atoms with Crippen molar-refractivity contribution >= 4 is 23.0 Å². The number of hydrogen-bond donors (Lipinski definition) is 1. The molecule has 2 aliphatic rings. The van der Waals surface area contributed by atoms with Gasteiger partial charge in [0, 0.05) is 17.9 Å². The number of fused-ring (bicyclic) bond motifs is 2. The third-order valence-electron chi connectivity index (χ3n) is 4.68. The Labute approximate surface area is 141 Å². The van der Waals surface area contributed by atoms with Crippen molar-refractivity contribution in [3.8, 4) is 5.75 Å². The molecule has 0 bridgehead atoms. The van der Waals surface area contributed by atoms with Crippen LogP contribution in [0, 0.1) is 0 Å². The van der Waals surface area contributed by atoms with Crippen LogP contribution >= 0.6 is 0 Å². The summed E-state index contributed by atoms with van der Waals surface area (Å²) in [5.74, 6) is 0.916. The lowest BCUT2D eigenvalue weighted by Gasteiger charge is -2.34. The molecule has 124 valence electrons. The Morgan fingerprint density at radius 2 is 2.00 bits per heavy atom. The lowest BCUT2D eigenvalue weighted by atomic mass is 10.0. The summed E-state index contributed by atoms with van der Waals surface area (Å²) in [6, 6.07) is 13.8. The van der Waals surface area contributed by atoms with E-state index >= 15 is 0 Å². The first-order valence-corrected chi connectivity index (χ1v) is 8.38. The van der Waals surface area contributed by atoms with Gasteiger partial charge in [-0.2, -0.15) is 0 Å². The van der Waals surface area contributed by atoms with Crippen LogP contribution in [-0.4, -0.2) is 32.1 Å². The maximum atomic E-state index is 12.9. The number of nitrogen functional groups attached to an aromatic ring is 1. The largest absolute Gasteiger partial charge is 0.490 e. The highest BCUT2D eigenvalue weighted by molar-refractivity contribution is 5.97. The summed E-state index contributed by atoms with van der Waals surface area (Å²) in [5.41, 5.74) is 9.79. The van der Waals surface area contributed by atoms with Crippen LogP contribution in [0.15, 0.2) is 42.5 Å². The number of nitrogens with zero attached hydrogens (tertiary/aromatic N) is 2. The fourth-order valence-corrected chi connectivity index (χ4v) is 3.50. The molecule has 0 spiro atoms. The molecule has 5 heteroatoms. The zero-order chi connectivity index (χ0) is 16.5. The number of amides is 1. The molecule has 0 radical (unpaired) electrons. The zero-order valence-electron chi connectivity index (χ0n) is 13.6. The van der Waals surface area contributed by atoms with Crippen molar-refractivity contribution < 1.29 is 9.53 Å². The number of nitrogens with two attached hydrogens (primary N) is 1. The van der Waals surface area contributed by atoms with Crippen molar-refractivity contribution in [1.29, 1.82) is 0 Å². The molecule has 0 saturated carbocycles. The van der Waals surface area contributed by atoms with Gasteiger partial charge in [0.05, 0.1) is 18.8 Å². The van der Waals surface area contributed by atoms with E-state index in [0.717, 1.165) is 36.5 Å². The normalized spacial score (nSPS) is 16.2. The summed E-state index contributed by atoms with van der Waals surface area (Å²) in [6.45, 7) is 2.40. The molecule has 24 heavy (non-hydrogen) atoms. The first-order valence-electron chi connectivity index (χ1n) is 8.38. The lowest BCUT2D eigenvalue weighted by molar-refractivity contribution is -0.117. The van der Waals surface area contributed by atoms with E-state index in [4.69, 9.17) is 10.5 Å². The molecule has 4 rings (SSSR count). The van der Waals surface area contributed by atoms with Gasteiger partial charge in [-0.25, -0.2) is 0 Å². The van der Waals surface area contributed by atoms with E-state index in [1.807, 2.05) is 41.3 Å². The molecule has 1 amide bonds. The average molecular weight is 323 g/mol. The van der Waals surface area contributed by atoms with Gasteiger partial charge >= 0.3 is 0 Å². The van der Waals surface area contributed by atoms with E-state index in [1.165, 1.54) is 5.56 Å². The highest BCUT2D eigenvalue weighted by Crippen LogP contribution is 2.34. The number of para-hydroxylation sites is 1. The Bertz CT molecular complexity index is 775. The van der Waals surface area contributed by atoms with Crippen LogP contribution in [-0.2, 0) is 11.2 Å². The highest BCUT2D eigenvalue weighted by Gasteiger charge is 2.26. The molecule has 0 aromatic heterocycles. The van der Waals surface area contributed by atoms with Gasteiger partial charge in [-0.1, -0.05) is 18.2 Å². The summed E-state index contributed by atoms with van der Waals surface area (Å²) in [7, 11) is 0. The smallest absolute Gasteiger partial charge is 0.246 e. The Balaban J connectivity index is 1.57. The fourth-order valence-electron chi connectivity index (χ4n) is 3.50. The summed E-state index contributed by atoms with van der Waals surface area (Å²) >= 11 is 0. The van der Waals surface area contributed by atoms with Crippen LogP contribution in [0.4, 0.5) is 17.1 Å². The quantitative estimate of drug-likeness (QED) is 0.863.